The second kappa shape index (κ2) is 7.69. The third-order valence-electron chi connectivity index (χ3n) is 2.51. The molecule has 0 aliphatic heterocycles. The zero-order chi connectivity index (χ0) is 11.8. The zero-order valence-electron chi connectivity index (χ0n) is 10.7. The summed E-state index contributed by atoms with van der Waals surface area (Å²) in [6.45, 7) is 9.34. The van der Waals surface area contributed by atoms with Crippen LogP contribution in [-0.4, -0.2) is 25.7 Å². The Balaban J connectivity index is 4.23. The van der Waals surface area contributed by atoms with Gasteiger partial charge in [0.1, 0.15) is 6.04 Å². The Bertz CT molecular complexity index is 180. The van der Waals surface area contributed by atoms with E-state index in [1.807, 2.05) is 0 Å². The molecule has 0 aliphatic carbocycles. The van der Waals surface area contributed by atoms with Crippen LogP contribution in [0.5, 0.6) is 0 Å². The lowest BCUT2D eigenvalue weighted by atomic mass is 9.96. The van der Waals surface area contributed by atoms with E-state index in [9.17, 15) is 4.79 Å². The van der Waals surface area contributed by atoms with Crippen molar-refractivity contribution < 1.29 is 9.53 Å². The van der Waals surface area contributed by atoms with E-state index in [4.69, 9.17) is 4.74 Å². The second-order valence-corrected chi connectivity index (χ2v) is 4.57. The van der Waals surface area contributed by atoms with Gasteiger partial charge in [0.05, 0.1) is 7.11 Å². The van der Waals surface area contributed by atoms with Crippen LogP contribution in [0.1, 0.15) is 40.5 Å². The summed E-state index contributed by atoms with van der Waals surface area (Å²) < 4.78 is 4.81. The molecular weight excluding hydrogens is 190 g/mol. The minimum atomic E-state index is -0.155. The van der Waals surface area contributed by atoms with Crippen LogP contribution >= 0.6 is 0 Å². The van der Waals surface area contributed by atoms with E-state index in [1.165, 1.54) is 7.11 Å². The van der Waals surface area contributed by atoms with Gasteiger partial charge in [-0.1, -0.05) is 34.1 Å². The van der Waals surface area contributed by atoms with Crippen LogP contribution in [0.15, 0.2) is 0 Å². The highest BCUT2D eigenvalue weighted by atomic mass is 16.5. The molecule has 1 N–H and O–H groups in total. The maximum Gasteiger partial charge on any atom is 0.323 e. The average molecular weight is 215 g/mol. The summed E-state index contributed by atoms with van der Waals surface area (Å²) in [5.74, 6) is 0.740. The van der Waals surface area contributed by atoms with E-state index >= 15 is 0 Å². The van der Waals surface area contributed by atoms with Crippen molar-refractivity contribution in [3.05, 3.63) is 0 Å². The molecule has 0 amide bonds. The molecule has 0 aromatic carbocycles. The molecule has 2 unspecified atom stereocenters. The predicted octanol–water partition coefficient (Wildman–Crippen LogP) is 2.21. The molecule has 0 heterocycles. The van der Waals surface area contributed by atoms with E-state index in [-0.39, 0.29) is 12.0 Å². The molecule has 0 saturated heterocycles. The van der Waals surface area contributed by atoms with Crippen LogP contribution in [0, 0.1) is 11.8 Å². The molecule has 2 atom stereocenters. The van der Waals surface area contributed by atoms with Gasteiger partial charge in [-0.15, -0.1) is 0 Å². The summed E-state index contributed by atoms with van der Waals surface area (Å²) in [5.41, 5.74) is 0. The fourth-order valence-electron chi connectivity index (χ4n) is 1.63. The molecule has 0 saturated carbocycles. The summed E-state index contributed by atoms with van der Waals surface area (Å²) >= 11 is 0. The molecule has 0 fully saturated rings. The Morgan fingerprint density at radius 3 is 2.33 bits per heavy atom. The molecule has 3 heteroatoms. The van der Waals surface area contributed by atoms with Crippen LogP contribution in [0.25, 0.3) is 0 Å². The standard InChI is InChI=1S/C12H25NO2/c1-6-7-10(4)11(12(14)15-5)13-8-9(2)3/h9-11,13H,6-8H2,1-5H3. The van der Waals surface area contributed by atoms with Gasteiger partial charge in [-0.25, -0.2) is 0 Å². The number of carbonyl (C=O) groups excluding carboxylic acids is 1. The summed E-state index contributed by atoms with van der Waals surface area (Å²) in [6, 6.07) is -0.155. The quantitative estimate of drug-likeness (QED) is 0.662. The van der Waals surface area contributed by atoms with Crippen LogP contribution < -0.4 is 5.32 Å². The molecule has 90 valence electrons. The Hall–Kier alpha value is -0.570. The largest absolute Gasteiger partial charge is 0.468 e. The minimum absolute atomic E-state index is 0.142. The van der Waals surface area contributed by atoms with Crippen molar-refractivity contribution >= 4 is 5.97 Å². The molecule has 0 bridgehead atoms. The summed E-state index contributed by atoms with van der Waals surface area (Å²) in [4.78, 5) is 11.6. The van der Waals surface area contributed by atoms with Crippen LogP contribution in [0.4, 0.5) is 0 Å². The van der Waals surface area contributed by atoms with Gasteiger partial charge in [-0.2, -0.15) is 0 Å². The molecule has 15 heavy (non-hydrogen) atoms. The van der Waals surface area contributed by atoms with Crippen molar-refractivity contribution in [2.24, 2.45) is 11.8 Å². The van der Waals surface area contributed by atoms with Crippen molar-refractivity contribution in [1.82, 2.24) is 5.32 Å². The number of rotatable bonds is 7. The van der Waals surface area contributed by atoms with Crippen molar-refractivity contribution in [2.75, 3.05) is 13.7 Å². The second-order valence-electron chi connectivity index (χ2n) is 4.57. The number of carbonyl (C=O) groups is 1. The number of methoxy groups -OCH3 is 1. The van der Waals surface area contributed by atoms with Gasteiger partial charge in [-0.05, 0) is 24.8 Å². The van der Waals surface area contributed by atoms with Crippen LogP contribution in [0.2, 0.25) is 0 Å². The number of ether oxygens (including phenoxy) is 1. The third kappa shape index (κ3) is 5.78. The molecule has 0 aliphatic rings. The number of esters is 1. The summed E-state index contributed by atoms with van der Waals surface area (Å²) in [7, 11) is 1.45. The van der Waals surface area contributed by atoms with Gasteiger partial charge < -0.3 is 10.1 Å². The fourth-order valence-corrected chi connectivity index (χ4v) is 1.63. The first-order valence-corrected chi connectivity index (χ1v) is 5.84. The van der Waals surface area contributed by atoms with Gasteiger partial charge in [0.2, 0.25) is 0 Å². The summed E-state index contributed by atoms with van der Waals surface area (Å²) in [6.07, 6.45) is 2.14. The average Bonchev–Trinajstić information content (AvgIpc) is 2.17. The highest BCUT2D eigenvalue weighted by molar-refractivity contribution is 5.75. The first kappa shape index (κ1) is 14.4. The SMILES string of the molecule is CCCC(C)C(NCC(C)C)C(=O)OC. The maximum atomic E-state index is 11.6. The Kier molecular flexibility index (Phi) is 7.39. The predicted molar refractivity (Wildman–Crippen MR) is 62.7 cm³/mol. The summed E-state index contributed by atoms with van der Waals surface area (Å²) in [5, 5.41) is 3.28. The molecular formula is C12H25NO2. The van der Waals surface area contributed by atoms with E-state index < -0.39 is 0 Å². The van der Waals surface area contributed by atoms with Crippen molar-refractivity contribution in [3.8, 4) is 0 Å². The normalized spacial score (nSPS) is 15.1. The van der Waals surface area contributed by atoms with Gasteiger partial charge in [0.15, 0.2) is 0 Å². The number of nitrogens with one attached hydrogen (secondary N) is 1. The lowest BCUT2D eigenvalue weighted by molar-refractivity contribution is -0.144. The first-order valence-electron chi connectivity index (χ1n) is 5.84. The lowest BCUT2D eigenvalue weighted by Crippen LogP contribution is -2.44. The Morgan fingerprint density at radius 2 is 1.93 bits per heavy atom. The number of hydrogen-bond donors (Lipinski definition) is 1. The van der Waals surface area contributed by atoms with Gasteiger partial charge in [-0.3, -0.25) is 4.79 Å². The monoisotopic (exact) mass is 215 g/mol. The third-order valence-corrected chi connectivity index (χ3v) is 2.51. The smallest absolute Gasteiger partial charge is 0.323 e. The topological polar surface area (TPSA) is 38.3 Å². The highest BCUT2D eigenvalue weighted by Crippen LogP contribution is 2.12. The zero-order valence-corrected chi connectivity index (χ0v) is 10.7. The minimum Gasteiger partial charge on any atom is -0.468 e. The molecule has 0 aromatic rings. The fraction of sp³-hybridized carbons (Fsp3) is 0.917. The molecule has 0 spiro atoms. The van der Waals surface area contributed by atoms with Crippen LogP contribution in [-0.2, 0) is 9.53 Å². The molecule has 0 aromatic heterocycles. The van der Waals surface area contributed by atoms with Gasteiger partial charge in [0.25, 0.3) is 0 Å². The van der Waals surface area contributed by atoms with E-state index in [0.717, 1.165) is 19.4 Å². The van der Waals surface area contributed by atoms with Crippen LogP contribution in [0.3, 0.4) is 0 Å². The van der Waals surface area contributed by atoms with Crippen molar-refractivity contribution in [3.63, 3.8) is 0 Å². The molecule has 3 nitrogen and oxygen atoms in total. The van der Waals surface area contributed by atoms with E-state index in [2.05, 4.69) is 33.0 Å². The maximum absolute atomic E-state index is 11.6. The lowest BCUT2D eigenvalue weighted by Gasteiger charge is -2.23. The highest BCUT2D eigenvalue weighted by Gasteiger charge is 2.24. The first-order chi connectivity index (χ1) is 7.02. The van der Waals surface area contributed by atoms with Crippen molar-refractivity contribution in [1.29, 1.82) is 0 Å². The molecule has 0 radical (unpaired) electrons. The number of hydrogen-bond acceptors (Lipinski definition) is 3. The van der Waals surface area contributed by atoms with E-state index in [0.29, 0.717) is 11.8 Å². The Morgan fingerprint density at radius 1 is 1.33 bits per heavy atom. The van der Waals surface area contributed by atoms with E-state index in [1.54, 1.807) is 0 Å². The molecule has 0 rings (SSSR count). The van der Waals surface area contributed by atoms with Gasteiger partial charge in [0, 0.05) is 0 Å². The van der Waals surface area contributed by atoms with Crippen molar-refractivity contribution in [2.45, 2.75) is 46.6 Å². The van der Waals surface area contributed by atoms with Gasteiger partial charge >= 0.3 is 5.97 Å². The Labute approximate surface area is 93.6 Å².